The van der Waals surface area contributed by atoms with Gasteiger partial charge in [-0.1, -0.05) is 12.1 Å². The maximum atomic E-state index is 9.14. The van der Waals surface area contributed by atoms with Crippen molar-refractivity contribution in [2.75, 3.05) is 17.6 Å². The van der Waals surface area contributed by atoms with E-state index in [0.29, 0.717) is 24.4 Å². The van der Waals surface area contributed by atoms with E-state index in [-0.39, 0.29) is 5.82 Å². The average molecular weight is 375 g/mol. The van der Waals surface area contributed by atoms with Crippen LogP contribution in [0.15, 0.2) is 41.1 Å². The summed E-state index contributed by atoms with van der Waals surface area (Å²) in [5.41, 5.74) is 8.80. The van der Waals surface area contributed by atoms with E-state index in [1.54, 1.807) is 11.3 Å². The van der Waals surface area contributed by atoms with Gasteiger partial charge in [0.05, 0.1) is 11.2 Å². The number of anilines is 2. The molecule has 0 aliphatic heterocycles. The van der Waals surface area contributed by atoms with Crippen molar-refractivity contribution in [1.29, 1.82) is 5.26 Å². The molecule has 0 fully saturated rings. The summed E-state index contributed by atoms with van der Waals surface area (Å²) in [7, 11) is 0. The minimum atomic E-state index is 0.252. The van der Waals surface area contributed by atoms with E-state index in [9.17, 15) is 0 Å². The summed E-state index contributed by atoms with van der Waals surface area (Å²) in [5, 5.41) is 24.3. The fraction of sp³-hybridized carbons (Fsp3) is 0.158. The first kappa shape index (κ1) is 17.0. The fourth-order valence-electron chi connectivity index (χ4n) is 2.90. The maximum absolute atomic E-state index is 9.14. The van der Waals surface area contributed by atoms with Crippen LogP contribution in [0.5, 0.6) is 0 Å². The molecule has 3 aromatic heterocycles. The second-order valence-electron chi connectivity index (χ2n) is 6.03. The van der Waals surface area contributed by atoms with Crippen molar-refractivity contribution < 1.29 is 0 Å². The van der Waals surface area contributed by atoms with E-state index < -0.39 is 0 Å². The van der Waals surface area contributed by atoms with Gasteiger partial charge in [-0.15, -0.1) is 0 Å². The van der Waals surface area contributed by atoms with Crippen LogP contribution in [0.3, 0.4) is 0 Å². The predicted molar refractivity (Wildman–Crippen MR) is 107 cm³/mol. The van der Waals surface area contributed by atoms with Gasteiger partial charge >= 0.3 is 0 Å². The van der Waals surface area contributed by atoms with Gasteiger partial charge in [0, 0.05) is 22.9 Å². The van der Waals surface area contributed by atoms with Crippen LogP contribution < -0.4 is 11.1 Å². The third kappa shape index (κ3) is 3.45. The van der Waals surface area contributed by atoms with Gasteiger partial charge in [0.1, 0.15) is 17.5 Å². The monoisotopic (exact) mass is 375 g/mol. The summed E-state index contributed by atoms with van der Waals surface area (Å²) in [4.78, 5) is 9.39. The molecule has 0 aliphatic carbocycles. The number of thiophene rings is 1. The minimum absolute atomic E-state index is 0.252. The molecule has 0 bridgehead atoms. The number of nitrogens with two attached hydrogens (primary N) is 1. The molecular weight excluding hydrogens is 358 g/mol. The van der Waals surface area contributed by atoms with Crippen LogP contribution in [0.4, 0.5) is 11.6 Å². The van der Waals surface area contributed by atoms with E-state index in [1.807, 2.05) is 41.1 Å². The number of nitrogens with one attached hydrogen (secondary N) is 2. The highest BCUT2D eigenvalue weighted by Gasteiger charge is 2.11. The van der Waals surface area contributed by atoms with Crippen molar-refractivity contribution in [3.8, 4) is 17.5 Å². The molecule has 3 heterocycles. The van der Waals surface area contributed by atoms with Crippen molar-refractivity contribution in [1.82, 2.24) is 20.2 Å². The highest BCUT2D eigenvalue weighted by Crippen LogP contribution is 2.26. The van der Waals surface area contributed by atoms with Crippen LogP contribution in [-0.2, 0) is 6.42 Å². The van der Waals surface area contributed by atoms with E-state index in [4.69, 9.17) is 16.0 Å². The molecule has 27 heavy (non-hydrogen) atoms. The van der Waals surface area contributed by atoms with E-state index in [1.165, 1.54) is 0 Å². The Labute approximate surface area is 159 Å². The van der Waals surface area contributed by atoms with Gasteiger partial charge in [0.2, 0.25) is 0 Å². The summed E-state index contributed by atoms with van der Waals surface area (Å²) >= 11 is 1.62. The Bertz CT molecular complexity index is 1110. The highest BCUT2D eigenvalue weighted by molar-refractivity contribution is 7.08. The number of aryl methyl sites for hydroxylation is 1. The zero-order valence-electron chi connectivity index (χ0n) is 14.4. The van der Waals surface area contributed by atoms with Crippen LogP contribution in [0, 0.1) is 11.3 Å². The maximum Gasteiger partial charge on any atom is 0.163 e. The number of nitriles is 1. The number of fused-ring (bicyclic) bond motifs is 1. The van der Waals surface area contributed by atoms with Gasteiger partial charge in [0.15, 0.2) is 11.6 Å². The molecule has 0 aliphatic rings. The van der Waals surface area contributed by atoms with Crippen LogP contribution in [0.25, 0.3) is 22.3 Å². The lowest BCUT2D eigenvalue weighted by Crippen LogP contribution is -2.07. The first-order valence-electron chi connectivity index (χ1n) is 8.52. The van der Waals surface area contributed by atoms with Gasteiger partial charge in [0.25, 0.3) is 0 Å². The summed E-state index contributed by atoms with van der Waals surface area (Å²) < 4.78 is 0. The summed E-state index contributed by atoms with van der Waals surface area (Å²) in [5.74, 6) is 1.78. The summed E-state index contributed by atoms with van der Waals surface area (Å²) in [6, 6.07) is 12.1. The molecule has 1 aromatic carbocycles. The highest BCUT2D eigenvalue weighted by atomic mass is 32.1. The fourth-order valence-corrected chi connectivity index (χ4v) is 3.54. The minimum Gasteiger partial charge on any atom is -0.381 e. The second kappa shape index (κ2) is 7.43. The number of benzene rings is 1. The zero-order valence-corrected chi connectivity index (χ0v) is 15.3. The number of aromatic amines is 1. The number of aromatic nitrogens is 4. The summed E-state index contributed by atoms with van der Waals surface area (Å²) in [6.07, 6.45) is 1.49. The van der Waals surface area contributed by atoms with Gasteiger partial charge in [-0.2, -0.15) is 21.7 Å². The molecule has 7 nitrogen and oxygen atoms in total. The average Bonchev–Trinajstić information content (AvgIpc) is 3.35. The quantitative estimate of drug-likeness (QED) is 0.444. The van der Waals surface area contributed by atoms with Crippen LogP contribution >= 0.6 is 11.3 Å². The smallest absolute Gasteiger partial charge is 0.163 e. The zero-order chi connectivity index (χ0) is 18.6. The normalized spacial score (nSPS) is 10.8. The predicted octanol–water partition coefficient (Wildman–Crippen LogP) is 3.58. The van der Waals surface area contributed by atoms with Crippen molar-refractivity contribution >= 4 is 33.9 Å². The second-order valence-corrected chi connectivity index (χ2v) is 6.81. The van der Waals surface area contributed by atoms with Gasteiger partial charge in [-0.05, 0) is 36.4 Å². The molecular formula is C19H17N7S. The Balaban J connectivity index is 1.52. The molecule has 4 N–H and O–H groups in total. The van der Waals surface area contributed by atoms with Crippen molar-refractivity contribution in [2.24, 2.45) is 0 Å². The van der Waals surface area contributed by atoms with Gasteiger partial charge < -0.3 is 11.1 Å². The molecule has 134 valence electrons. The topological polar surface area (TPSA) is 116 Å². The van der Waals surface area contributed by atoms with E-state index in [0.717, 1.165) is 34.4 Å². The van der Waals surface area contributed by atoms with Crippen LogP contribution in [0.2, 0.25) is 0 Å². The number of H-pyrrole nitrogens is 1. The number of hydrogen-bond donors (Lipinski definition) is 3. The van der Waals surface area contributed by atoms with Crippen molar-refractivity contribution in [2.45, 2.75) is 12.8 Å². The lowest BCUT2D eigenvalue weighted by Gasteiger charge is -2.10. The molecule has 0 unspecified atom stereocenters. The van der Waals surface area contributed by atoms with E-state index >= 15 is 0 Å². The first-order chi connectivity index (χ1) is 13.3. The Hall–Kier alpha value is -3.44. The molecule has 4 aromatic rings. The largest absolute Gasteiger partial charge is 0.381 e. The van der Waals surface area contributed by atoms with E-state index in [2.05, 4.69) is 26.6 Å². The van der Waals surface area contributed by atoms with Gasteiger partial charge in [-0.3, -0.25) is 5.10 Å². The number of rotatable bonds is 6. The van der Waals surface area contributed by atoms with Crippen molar-refractivity contribution in [3.05, 3.63) is 52.3 Å². The number of para-hydroxylation sites is 1. The molecule has 0 saturated carbocycles. The summed E-state index contributed by atoms with van der Waals surface area (Å²) in [6.45, 7) is 0.702. The Morgan fingerprint density at radius 3 is 2.93 bits per heavy atom. The molecule has 0 saturated heterocycles. The molecule has 0 spiro atoms. The first-order valence-corrected chi connectivity index (χ1v) is 9.46. The third-order valence-electron chi connectivity index (χ3n) is 4.26. The number of hydrogen-bond acceptors (Lipinski definition) is 7. The molecule has 0 radical (unpaired) electrons. The standard InChI is InChI=1S/C19H17N7S/c20-10-14-16(25-26-17(14)21)6-3-8-22-19-13-4-1-2-5-15(13)23-18(24-19)12-7-9-27-11-12/h1-2,4-5,7,9,11H,3,6,8H2,(H3,21,25,26)(H,22,23,24). The Morgan fingerprint density at radius 2 is 2.11 bits per heavy atom. The Kier molecular flexibility index (Phi) is 4.68. The molecule has 8 heteroatoms. The molecule has 0 atom stereocenters. The lowest BCUT2D eigenvalue weighted by molar-refractivity contribution is 0.823. The third-order valence-corrected chi connectivity index (χ3v) is 4.94. The SMILES string of the molecule is N#Cc1c(N)n[nH]c1CCCNc1nc(-c2ccsc2)nc2ccccc12. The van der Waals surface area contributed by atoms with Crippen LogP contribution in [-0.4, -0.2) is 26.7 Å². The van der Waals surface area contributed by atoms with Crippen molar-refractivity contribution in [3.63, 3.8) is 0 Å². The van der Waals surface area contributed by atoms with Gasteiger partial charge in [-0.25, -0.2) is 9.97 Å². The number of nitrogens with zero attached hydrogens (tertiary/aromatic N) is 4. The number of nitrogen functional groups attached to an aromatic ring is 1. The lowest BCUT2D eigenvalue weighted by atomic mass is 10.1. The van der Waals surface area contributed by atoms with Crippen LogP contribution in [0.1, 0.15) is 17.7 Å². The molecule has 4 rings (SSSR count). The molecule has 0 amide bonds. The Morgan fingerprint density at radius 1 is 1.22 bits per heavy atom.